The van der Waals surface area contributed by atoms with Crippen molar-refractivity contribution < 1.29 is 4.79 Å². The third-order valence-corrected chi connectivity index (χ3v) is 0.988. The Bertz CT molecular complexity index is 188. The van der Waals surface area contributed by atoms with Crippen molar-refractivity contribution >= 4 is 5.78 Å². The maximum atomic E-state index is 10.5. The van der Waals surface area contributed by atoms with E-state index in [1.165, 1.54) is 6.92 Å². The monoisotopic (exact) mass is 122 g/mol. The molecule has 0 aliphatic heterocycles. The average molecular weight is 122 g/mol. The van der Waals surface area contributed by atoms with Crippen molar-refractivity contribution in [2.75, 3.05) is 0 Å². The van der Waals surface area contributed by atoms with Crippen molar-refractivity contribution in [2.45, 2.75) is 20.8 Å². The van der Waals surface area contributed by atoms with E-state index in [2.05, 4.69) is 11.8 Å². The predicted molar refractivity (Wildman–Crippen MR) is 37.9 cm³/mol. The summed E-state index contributed by atoms with van der Waals surface area (Å²) >= 11 is 0. The molecule has 0 spiro atoms. The van der Waals surface area contributed by atoms with Crippen molar-refractivity contribution in [3.05, 3.63) is 11.6 Å². The van der Waals surface area contributed by atoms with Crippen LogP contribution >= 0.6 is 0 Å². The Hall–Kier alpha value is -1.03. The van der Waals surface area contributed by atoms with Gasteiger partial charge in [-0.05, 0) is 26.8 Å². The fourth-order valence-corrected chi connectivity index (χ4v) is 0.282. The van der Waals surface area contributed by atoms with Gasteiger partial charge in [0.25, 0.3) is 0 Å². The molecule has 0 saturated heterocycles. The molecule has 0 N–H and O–H groups in total. The zero-order valence-corrected chi connectivity index (χ0v) is 5.99. The van der Waals surface area contributed by atoms with Gasteiger partial charge < -0.3 is 0 Å². The van der Waals surface area contributed by atoms with Crippen LogP contribution in [-0.2, 0) is 4.79 Å². The lowest BCUT2D eigenvalue weighted by atomic mass is 10.2. The average Bonchev–Trinajstić information content (AvgIpc) is 1.82. The van der Waals surface area contributed by atoms with Gasteiger partial charge in [0, 0.05) is 5.57 Å². The first-order chi connectivity index (χ1) is 4.18. The van der Waals surface area contributed by atoms with E-state index in [9.17, 15) is 4.79 Å². The van der Waals surface area contributed by atoms with Crippen LogP contribution in [0.4, 0.5) is 0 Å². The summed E-state index contributed by atoms with van der Waals surface area (Å²) in [4.78, 5) is 10.5. The molecule has 0 atom stereocenters. The third kappa shape index (κ3) is 3.54. The molecule has 1 nitrogen and oxygen atoms in total. The molecule has 0 aromatic heterocycles. The number of carbonyl (C=O) groups is 1. The van der Waals surface area contributed by atoms with Gasteiger partial charge in [-0.25, -0.2) is 0 Å². The molecule has 1 heteroatoms. The molecule has 0 aromatic carbocycles. The zero-order chi connectivity index (χ0) is 7.28. The molecular formula is C8H10O. The molecule has 0 unspecified atom stereocenters. The summed E-state index contributed by atoms with van der Waals surface area (Å²) in [6, 6.07) is 0. The fourth-order valence-electron chi connectivity index (χ4n) is 0.282. The van der Waals surface area contributed by atoms with E-state index in [4.69, 9.17) is 0 Å². The molecule has 9 heavy (non-hydrogen) atoms. The molecule has 0 rings (SSSR count). The standard InChI is InChI=1S/C8H10O/c1-4-5-6-7(2)8(3)9/h6H,1-3H3/b7-6-. The lowest BCUT2D eigenvalue weighted by molar-refractivity contribution is -0.113. The molecule has 0 aliphatic carbocycles. The van der Waals surface area contributed by atoms with Crippen LogP contribution < -0.4 is 0 Å². The second kappa shape index (κ2) is 3.91. The van der Waals surface area contributed by atoms with E-state index in [-0.39, 0.29) is 5.78 Å². The van der Waals surface area contributed by atoms with Gasteiger partial charge in [-0.1, -0.05) is 5.92 Å². The van der Waals surface area contributed by atoms with Crippen molar-refractivity contribution in [1.29, 1.82) is 0 Å². The molecule has 48 valence electrons. The van der Waals surface area contributed by atoms with Gasteiger partial charge in [0.2, 0.25) is 0 Å². The molecule has 0 aliphatic rings. The molecule has 0 amide bonds. The highest BCUT2D eigenvalue weighted by Gasteiger charge is 1.90. The van der Waals surface area contributed by atoms with E-state index in [1.807, 2.05) is 0 Å². The lowest BCUT2D eigenvalue weighted by Gasteiger charge is -1.85. The molecule has 0 saturated carbocycles. The van der Waals surface area contributed by atoms with Gasteiger partial charge >= 0.3 is 0 Å². The first-order valence-corrected chi connectivity index (χ1v) is 2.78. The van der Waals surface area contributed by atoms with E-state index in [1.54, 1.807) is 19.9 Å². The SMILES string of the molecule is CC#C/C=C(/C)C(C)=O. The molecule has 0 aromatic rings. The van der Waals surface area contributed by atoms with Gasteiger partial charge in [-0.3, -0.25) is 4.79 Å². The molecule has 0 heterocycles. The van der Waals surface area contributed by atoms with Crippen LogP contribution in [0.15, 0.2) is 11.6 Å². The number of carbonyl (C=O) groups excluding carboxylic acids is 1. The van der Waals surface area contributed by atoms with Crippen LogP contribution in [0.25, 0.3) is 0 Å². The minimum Gasteiger partial charge on any atom is -0.295 e. The molecule has 0 bridgehead atoms. The number of hydrogen-bond acceptors (Lipinski definition) is 1. The maximum Gasteiger partial charge on any atom is 0.156 e. The van der Waals surface area contributed by atoms with Crippen LogP contribution in [0.5, 0.6) is 0 Å². The topological polar surface area (TPSA) is 17.1 Å². The lowest BCUT2D eigenvalue weighted by Crippen LogP contribution is -1.89. The minimum atomic E-state index is 0.0813. The Kier molecular flexibility index (Phi) is 3.46. The van der Waals surface area contributed by atoms with Crippen molar-refractivity contribution in [3.63, 3.8) is 0 Å². The van der Waals surface area contributed by atoms with Crippen molar-refractivity contribution in [3.8, 4) is 11.8 Å². The second-order valence-electron chi connectivity index (χ2n) is 1.78. The van der Waals surface area contributed by atoms with Crippen molar-refractivity contribution in [2.24, 2.45) is 0 Å². The van der Waals surface area contributed by atoms with Crippen molar-refractivity contribution in [1.82, 2.24) is 0 Å². The Morgan fingerprint density at radius 3 is 2.33 bits per heavy atom. The van der Waals surface area contributed by atoms with Crippen LogP contribution in [0.1, 0.15) is 20.8 Å². The Labute approximate surface area is 55.8 Å². The summed E-state index contributed by atoms with van der Waals surface area (Å²) in [6.07, 6.45) is 1.63. The first-order valence-electron chi connectivity index (χ1n) is 2.78. The number of ketones is 1. The Balaban J connectivity index is 4.11. The van der Waals surface area contributed by atoms with Gasteiger partial charge in [-0.2, -0.15) is 0 Å². The molecular weight excluding hydrogens is 112 g/mol. The summed E-state index contributed by atoms with van der Waals surface area (Å²) < 4.78 is 0. The third-order valence-electron chi connectivity index (χ3n) is 0.988. The largest absolute Gasteiger partial charge is 0.295 e. The Morgan fingerprint density at radius 1 is 1.44 bits per heavy atom. The maximum absolute atomic E-state index is 10.5. The first kappa shape index (κ1) is 7.97. The van der Waals surface area contributed by atoms with Gasteiger partial charge in [0.15, 0.2) is 5.78 Å². The second-order valence-corrected chi connectivity index (χ2v) is 1.78. The smallest absolute Gasteiger partial charge is 0.156 e. The van der Waals surface area contributed by atoms with Crippen LogP contribution in [0, 0.1) is 11.8 Å². The normalized spacial score (nSPS) is 9.89. The number of hydrogen-bond donors (Lipinski definition) is 0. The zero-order valence-electron chi connectivity index (χ0n) is 5.99. The number of allylic oxidation sites excluding steroid dienone is 2. The summed E-state index contributed by atoms with van der Waals surface area (Å²) in [5.74, 6) is 5.45. The highest BCUT2D eigenvalue weighted by molar-refractivity contribution is 5.93. The highest BCUT2D eigenvalue weighted by Crippen LogP contribution is 1.90. The number of Topliss-reactive ketones (excluding diaryl/α,β-unsaturated/α-hetero) is 1. The summed E-state index contributed by atoms with van der Waals surface area (Å²) in [6.45, 7) is 5.03. The quantitative estimate of drug-likeness (QED) is 0.381. The van der Waals surface area contributed by atoms with Crippen LogP contribution in [0.3, 0.4) is 0 Å². The van der Waals surface area contributed by atoms with E-state index in [0.717, 1.165) is 0 Å². The molecule has 0 radical (unpaired) electrons. The van der Waals surface area contributed by atoms with Crippen LogP contribution in [-0.4, -0.2) is 5.78 Å². The van der Waals surface area contributed by atoms with Crippen LogP contribution in [0.2, 0.25) is 0 Å². The highest BCUT2D eigenvalue weighted by atomic mass is 16.1. The minimum absolute atomic E-state index is 0.0813. The van der Waals surface area contributed by atoms with E-state index < -0.39 is 0 Å². The van der Waals surface area contributed by atoms with Gasteiger partial charge in [-0.15, -0.1) is 5.92 Å². The Morgan fingerprint density at radius 2 is 2.00 bits per heavy atom. The van der Waals surface area contributed by atoms with Gasteiger partial charge in [0.05, 0.1) is 0 Å². The predicted octanol–water partition coefficient (Wildman–Crippen LogP) is 1.54. The van der Waals surface area contributed by atoms with E-state index >= 15 is 0 Å². The summed E-state index contributed by atoms with van der Waals surface area (Å²) in [5, 5.41) is 0. The molecule has 0 fully saturated rings. The number of rotatable bonds is 1. The summed E-state index contributed by atoms with van der Waals surface area (Å²) in [7, 11) is 0. The van der Waals surface area contributed by atoms with E-state index in [0.29, 0.717) is 5.57 Å². The fraction of sp³-hybridized carbons (Fsp3) is 0.375. The summed E-state index contributed by atoms with van der Waals surface area (Å²) in [5.41, 5.74) is 0.712. The van der Waals surface area contributed by atoms with Gasteiger partial charge in [0.1, 0.15) is 0 Å².